The van der Waals surface area contributed by atoms with Crippen LogP contribution in [0.1, 0.15) is 30.3 Å². The van der Waals surface area contributed by atoms with Crippen LogP contribution in [0, 0.1) is 25.5 Å². The van der Waals surface area contributed by atoms with Crippen LogP contribution in [0.3, 0.4) is 0 Å². The molecule has 1 N–H and O–H groups in total. The quantitative estimate of drug-likeness (QED) is 0.851. The van der Waals surface area contributed by atoms with Crippen LogP contribution in [0.15, 0.2) is 18.2 Å². The molecule has 0 aliphatic heterocycles. The molecule has 2 aromatic rings. The molecule has 0 saturated heterocycles. The topological polar surface area (TPSA) is 29.9 Å². The van der Waals surface area contributed by atoms with E-state index in [0.29, 0.717) is 17.8 Å². The Kier molecular flexibility index (Phi) is 4.49. The molecule has 1 aromatic heterocycles. The van der Waals surface area contributed by atoms with E-state index >= 15 is 0 Å². The van der Waals surface area contributed by atoms with Crippen LogP contribution in [0.4, 0.5) is 8.78 Å². The Balaban J connectivity index is 2.34. The number of aromatic nitrogens is 2. The summed E-state index contributed by atoms with van der Waals surface area (Å²) in [6, 6.07) is 4.50. The van der Waals surface area contributed by atoms with Gasteiger partial charge >= 0.3 is 0 Å². The minimum atomic E-state index is -0.593. The Labute approximate surface area is 117 Å². The summed E-state index contributed by atoms with van der Waals surface area (Å²) >= 11 is 0. The Morgan fingerprint density at radius 2 is 1.80 bits per heavy atom. The van der Waals surface area contributed by atoms with Crippen molar-refractivity contribution in [3.63, 3.8) is 0 Å². The minimum absolute atomic E-state index is 0.116. The zero-order valence-electron chi connectivity index (χ0n) is 12.0. The van der Waals surface area contributed by atoms with Gasteiger partial charge in [-0.1, -0.05) is 6.92 Å². The molecular formula is C15H19F2N3. The van der Waals surface area contributed by atoms with E-state index in [1.165, 1.54) is 16.8 Å². The fourth-order valence-electron chi connectivity index (χ4n) is 2.19. The standard InChI is InChI=1S/C15H19F2N3/c1-4-5-18-9-12-7-13(16)15(14(17)8-12)20-11(3)6-10(2)19-20/h6-8,18H,4-5,9H2,1-3H3. The summed E-state index contributed by atoms with van der Waals surface area (Å²) in [7, 11) is 0. The first-order valence-electron chi connectivity index (χ1n) is 6.75. The summed E-state index contributed by atoms with van der Waals surface area (Å²) < 4.78 is 29.6. The highest BCUT2D eigenvalue weighted by molar-refractivity contribution is 5.39. The van der Waals surface area contributed by atoms with Gasteiger partial charge in [-0.05, 0) is 50.6 Å². The first-order chi connectivity index (χ1) is 9.52. The van der Waals surface area contributed by atoms with Crippen molar-refractivity contribution in [2.45, 2.75) is 33.7 Å². The van der Waals surface area contributed by atoms with Crippen LogP contribution < -0.4 is 5.32 Å². The average Bonchev–Trinajstić information content (AvgIpc) is 2.68. The van der Waals surface area contributed by atoms with Crippen molar-refractivity contribution in [1.29, 1.82) is 0 Å². The second-order valence-corrected chi connectivity index (χ2v) is 4.92. The van der Waals surface area contributed by atoms with Gasteiger partial charge < -0.3 is 5.32 Å². The predicted octanol–water partition coefficient (Wildman–Crippen LogP) is 3.27. The summed E-state index contributed by atoms with van der Waals surface area (Å²) in [6.07, 6.45) is 0.981. The maximum Gasteiger partial charge on any atom is 0.152 e. The van der Waals surface area contributed by atoms with E-state index in [1.807, 2.05) is 6.92 Å². The number of nitrogens with zero attached hydrogens (tertiary/aromatic N) is 2. The van der Waals surface area contributed by atoms with Crippen molar-refractivity contribution in [2.75, 3.05) is 6.54 Å². The molecule has 0 atom stereocenters. The zero-order valence-corrected chi connectivity index (χ0v) is 12.0. The fraction of sp³-hybridized carbons (Fsp3) is 0.400. The predicted molar refractivity (Wildman–Crippen MR) is 75.0 cm³/mol. The Hall–Kier alpha value is -1.75. The number of benzene rings is 1. The first-order valence-corrected chi connectivity index (χ1v) is 6.75. The third-order valence-electron chi connectivity index (χ3n) is 3.05. The Morgan fingerprint density at radius 1 is 1.15 bits per heavy atom. The number of nitrogens with one attached hydrogen (secondary N) is 1. The summed E-state index contributed by atoms with van der Waals surface area (Å²) in [4.78, 5) is 0. The van der Waals surface area contributed by atoms with Gasteiger partial charge in [0.1, 0.15) is 5.69 Å². The van der Waals surface area contributed by atoms with Gasteiger partial charge in [-0.2, -0.15) is 5.10 Å². The largest absolute Gasteiger partial charge is 0.313 e. The molecule has 0 radical (unpaired) electrons. The number of hydrogen-bond acceptors (Lipinski definition) is 2. The summed E-state index contributed by atoms with van der Waals surface area (Å²) in [5.41, 5.74) is 1.92. The molecule has 0 fully saturated rings. The zero-order chi connectivity index (χ0) is 14.7. The van der Waals surface area contributed by atoms with E-state index in [4.69, 9.17) is 0 Å². The summed E-state index contributed by atoms with van der Waals surface area (Å²) in [5.74, 6) is -1.19. The van der Waals surface area contributed by atoms with Crippen molar-refractivity contribution < 1.29 is 8.78 Å². The van der Waals surface area contributed by atoms with Crippen LogP contribution in [-0.4, -0.2) is 16.3 Å². The van der Waals surface area contributed by atoms with Crippen molar-refractivity contribution in [3.8, 4) is 5.69 Å². The van der Waals surface area contributed by atoms with Gasteiger partial charge in [0, 0.05) is 12.2 Å². The van der Waals surface area contributed by atoms with Crippen LogP contribution in [0.25, 0.3) is 5.69 Å². The number of rotatable bonds is 5. The van der Waals surface area contributed by atoms with Gasteiger partial charge in [0.25, 0.3) is 0 Å². The Bertz CT molecular complexity index is 582. The second-order valence-electron chi connectivity index (χ2n) is 4.92. The third kappa shape index (κ3) is 3.04. The van der Waals surface area contributed by atoms with Crippen LogP contribution in [0.2, 0.25) is 0 Å². The van der Waals surface area contributed by atoms with E-state index in [2.05, 4.69) is 10.4 Å². The lowest BCUT2D eigenvalue weighted by molar-refractivity contribution is 0.550. The van der Waals surface area contributed by atoms with Gasteiger partial charge in [0.2, 0.25) is 0 Å². The molecule has 20 heavy (non-hydrogen) atoms. The normalized spacial score (nSPS) is 11.1. The van der Waals surface area contributed by atoms with E-state index in [1.54, 1.807) is 19.9 Å². The molecule has 0 saturated carbocycles. The summed E-state index contributed by atoms with van der Waals surface area (Å²) in [6.45, 7) is 6.89. The lowest BCUT2D eigenvalue weighted by atomic mass is 10.1. The van der Waals surface area contributed by atoms with Gasteiger partial charge in [0.05, 0.1) is 5.69 Å². The van der Waals surface area contributed by atoms with Crippen molar-refractivity contribution in [1.82, 2.24) is 15.1 Å². The molecule has 2 rings (SSSR count). The number of halogens is 2. The minimum Gasteiger partial charge on any atom is -0.313 e. The maximum absolute atomic E-state index is 14.2. The van der Waals surface area contributed by atoms with Crippen molar-refractivity contribution in [3.05, 3.63) is 46.8 Å². The summed E-state index contributed by atoms with van der Waals surface area (Å²) in [5, 5.41) is 7.25. The second kappa shape index (κ2) is 6.13. The average molecular weight is 279 g/mol. The molecule has 3 nitrogen and oxygen atoms in total. The van der Waals surface area contributed by atoms with E-state index in [0.717, 1.165) is 18.7 Å². The molecule has 0 aliphatic carbocycles. The Morgan fingerprint density at radius 3 is 2.30 bits per heavy atom. The van der Waals surface area contributed by atoms with E-state index < -0.39 is 11.6 Å². The first kappa shape index (κ1) is 14.7. The lowest BCUT2D eigenvalue weighted by Gasteiger charge is -2.10. The van der Waals surface area contributed by atoms with Gasteiger partial charge in [-0.25, -0.2) is 13.5 Å². The molecule has 1 heterocycles. The highest BCUT2D eigenvalue weighted by Gasteiger charge is 2.16. The van der Waals surface area contributed by atoms with Crippen molar-refractivity contribution >= 4 is 0 Å². The smallest absolute Gasteiger partial charge is 0.152 e. The van der Waals surface area contributed by atoms with E-state index in [-0.39, 0.29) is 5.69 Å². The molecule has 108 valence electrons. The van der Waals surface area contributed by atoms with Crippen molar-refractivity contribution in [2.24, 2.45) is 0 Å². The molecule has 0 amide bonds. The molecule has 5 heteroatoms. The molecular weight excluding hydrogens is 260 g/mol. The molecule has 0 aliphatic rings. The van der Waals surface area contributed by atoms with Crippen LogP contribution >= 0.6 is 0 Å². The molecule has 0 spiro atoms. The maximum atomic E-state index is 14.2. The number of hydrogen-bond donors (Lipinski definition) is 1. The molecule has 0 unspecified atom stereocenters. The fourth-order valence-corrected chi connectivity index (χ4v) is 2.19. The van der Waals surface area contributed by atoms with Gasteiger partial charge in [-0.3, -0.25) is 0 Å². The SMILES string of the molecule is CCCNCc1cc(F)c(-n2nc(C)cc2C)c(F)c1. The van der Waals surface area contributed by atoms with Crippen LogP contribution in [0.5, 0.6) is 0 Å². The highest BCUT2D eigenvalue weighted by atomic mass is 19.1. The van der Waals surface area contributed by atoms with E-state index in [9.17, 15) is 8.78 Å². The molecule has 0 bridgehead atoms. The van der Waals surface area contributed by atoms with Gasteiger partial charge in [-0.15, -0.1) is 0 Å². The monoisotopic (exact) mass is 279 g/mol. The number of aryl methyl sites for hydroxylation is 2. The van der Waals surface area contributed by atoms with Gasteiger partial charge in [0.15, 0.2) is 11.6 Å². The molecule has 1 aromatic carbocycles. The highest BCUT2D eigenvalue weighted by Crippen LogP contribution is 2.21. The van der Waals surface area contributed by atoms with Crippen LogP contribution in [-0.2, 0) is 6.54 Å². The lowest BCUT2D eigenvalue weighted by Crippen LogP contribution is -2.15. The third-order valence-corrected chi connectivity index (χ3v) is 3.05.